The van der Waals surface area contributed by atoms with Crippen molar-refractivity contribution in [1.82, 2.24) is 14.9 Å². The molecule has 0 unspecified atom stereocenters. The molecular formula is C33H39N3O. The molecular weight excluding hydrogens is 454 g/mol. The molecule has 6 rings (SSSR count). The molecule has 1 N–H and O–H groups in total. The highest BCUT2D eigenvalue weighted by Gasteiger charge is 2.27. The van der Waals surface area contributed by atoms with Gasteiger partial charge in [-0.1, -0.05) is 30.3 Å². The largest absolute Gasteiger partial charge is 0.490 e. The van der Waals surface area contributed by atoms with Gasteiger partial charge in [-0.3, -0.25) is 9.88 Å². The van der Waals surface area contributed by atoms with E-state index in [0.29, 0.717) is 12.1 Å². The molecule has 2 aromatic heterocycles. The number of pyridine rings is 1. The van der Waals surface area contributed by atoms with Gasteiger partial charge >= 0.3 is 0 Å². The summed E-state index contributed by atoms with van der Waals surface area (Å²) >= 11 is 0. The molecule has 0 amide bonds. The van der Waals surface area contributed by atoms with E-state index in [0.717, 1.165) is 42.0 Å². The smallest absolute Gasteiger partial charge is 0.128 e. The number of aryl methyl sites for hydroxylation is 4. The molecule has 0 spiro atoms. The number of nitrogens with zero attached hydrogens (tertiary/aromatic N) is 2. The topological polar surface area (TPSA) is 41.1 Å². The van der Waals surface area contributed by atoms with Crippen LogP contribution in [-0.4, -0.2) is 28.0 Å². The number of ether oxygens (including phenoxy) is 1. The first-order valence-electron chi connectivity index (χ1n) is 14.0. The first kappa shape index (κ1) is 24.2. The van der Waals surface area contributed by atoms with Gasteiger partial charge in [0.1, 0.15) is 5.75 Å². The van der Waals surface area contributed by atoms with Crippen LogP contribution in [0.15, 0.2) is 48.7 Å². The quantitative estimate of drug-likeness (QED) is 0.296. The molecule has 4 heteroatoms. The van der Waals surface area contributed by atoms with Gasteiger partial charge in [0.2, 0.25) is 0 Å². The van der Waals surface area contributed by atoms with Crippen LogP contribution in [0.1, 0.15) is 78.1 Å². The SMILES string of the molecule is Cc1ccc2[nH]cc(C)c2c1-c1cc(OC2CCCC2)c(CN(C)[C@H]2CCCc3ccccc32)c(C)n1. The minimum atomic E-state index is 0.306. The summed E-state index contributed by atoms with van der Waals surface area (Å²) in [6.45, 7) is 7.38. The highest BCUT2D eigenvalue weighted by molar-refractivity contribution is 5.98. The van der Waals surface area contributed by atoms with Gasteiger partial charge in [0, 0.05) is 52.6 Å². The number of hydrogen-bond acceptors (Lipinski definition) is 3. The number of aromatic nitrogens is 2. The molecule has 0 saturated heterocycles. The summed E-state index contributed by atoms with van der Waals surface area (Å²) in [6, 6.07) is 16.0. The summed E-state index contributed by atoms with van der Waals surface area (Å²) in [5.41, 5.74) is 11.2. The van der Waals surface area contributed by atoms with Gasteiger partial charge in [-0.2, -0.15) is 0 Å². The fraction of sp³-hybridized carbons (Fsp3) is 0.424. The molecule has 1 saturated carbocycles. The van der Waals surface area contributed by atoms with Crippen molar-refractivity contribution in [2.75, 3.05) is 7.05 Å². The molecule has 0 radical (unpaired) electrons. The molecule has 1 atom stereocenters. The molecule has 37 heavy (non-hydrogen) atoms. The maximum Gasteiger partial charge on any atom is 0.128 e. The second-order valence-electron chi connectivity index (χ2n) is 11.3. The lowest BCUT2D eigenvalue weighted by Crippen LogP contribution is -2.28. The van der Waals surface area contributed by atoms with E-state index in [-0.39, 0.29) is 0 Å². The zero-order valence-electron chi connectivity index (χ0n) is 22.7. The Hall–Kier alpha value is -3.11. The van der Waals surface area contributed by atoms with E-state index >= 15 is 0 Å². The Morgan fingerprint density at radius 1 is 0.973 bits per heavy atom. The lowest BCUT2D eigenvalue weighted by atomic mass is 9.87. The summed E-state index contributed by atoms with van der Waals surface area (Å²) in [7, 11) is 2.27. The minimum Gasteiger partial charge on any atom is -0.490 e. The summed E-state index contributed by atoms with van der Waals surface area (Å²) in [6.07, 6.45) is 10.9. The monoisotopic (exact) mass is 493 g/mol. The van der Waals surface area contributed by atoms with Crippen LogP contribution in [0, 0.1) is 20.8 Å². The standard InChI is InChI=1S/C33H39N3O/c1-21-16-17-28-33(22(2)19-34-28)32(21)29-18-31(37-25-12-6-7-13-25)27(23(3)35-29)20-36(4)30-15-9-11-24-10-5-8-14-26(24)30/h5,8,10,14,16-19,25,30,34H,6-7,9,11-13,15,20H2,1-4H3/t30-/m0/s1. The second-order valence-corrected chi connectivity index (χ2v) is 11.3. The maximum atomic E-state index is 6.80. The number of aromatic amines is 1. The molecule has 2 aromatic carbocycles. The molecule has 0 aliphatic heterocycles. The lowest BCUT2D eigenvalue weighted by molar-refractivity contribution is 0.189. The second kappa shape index (κ2) is 9.98. The number of fused-ring (bicyclic) bond motifs is 2. The van der Waals surface area contributed by atoms with Crippen LogP contribution in [0.5, 0.6) is 5.75 Å². The van der Waals surface area contributed by atoms with Crippen molar-refractivity contribution in [1.29, 1.82) is 0 Å². The van der Waals surface area contributed by atoms with E-state index in [1.54, 1.807) is 0 Å². The van der Waals surface area contributed by atoms with Crippen LogP contribution < -0.4 is 4.74 Å². The Morgan fingerprint density at radius 2 is 1.78 bits per heavy atom. The molecule has 4 nitrogen and oxygen atoms in total. The van der Waals surface area contributed by atoms with Gasteiger partial charge in [0.15, 0.2) is 0 Å². The Kier molecular flexibility index (Phi) is 6.54. The van der Waals surface area contributed by atoms with Gasteiger partial charge in [-0.25, -0.2) is 0 Å². The van der Waals surface area contributed by atoms with Crippen molar-refractivity contribution in [2.45, 2.75) is 84.4 Å². The Bertz CT molecular complexity index is 1430. The van der Waals surface area contributed by atoms with Crippen LogP contribution in [0.25, 0.3) is 22.2 Å². The zero-order valence-corrected chi connectivity index (χ0v) is 22.7. The summed E-state index contributed by atoms with van der Waals surface area (Å²) in [5.74, 6) is 1.02. The van der Waals surface area contributed by atoms with Crippen molar-refractivity contribution in [3.05, 3.63) is 82.2 Å². The van der Waals surface area contributed by atoms with Crippen LogP contribution >= 0.6 is 0 Å². The lowest BCUT2D eigenvalue weighted by Gasteiger charge is -2.34. The van der Waals surface area contributed by atoms with Crippen LogP contribution in [0.4, 0.5) is 0 Å². The predicted octanol–water partition coefficient (Wildman–Crippen LogP) is 7.99. The summed E-state index contributed by atoms with van der Waals surface area (Å²) in [4.78, 5) is 11.2. The Morgan fingerprint density at radius 3 is 2.62 bits per heavy atom. The Labute approximate surface area is 221 Å². The highest BCUT2D eigenvalue weighted by Crippen LogP contribution is 2.39. The van der Waals surface area contributed by atoms with E-state index < -0.39 is 0 Å². The van der Waals surface area contributed by atoms with Gasteiger partial charge in [0.25, 0.3) is 0 Å². The van der Waals surface area contributed by atoms with E-state index in [4.69, 9.17) is 9.72 Å². The molecule has 4 aromatic rings. The molecule has 2 aliphatic carbocycles. The Balaban J connectivity index is 1.41. The van der Waals surface area contributed by atoms with Gasteiger partial charge in [0.05, 0.1) is 11.8 Å². The van der Waals surface area contributed by atoms with Gasteiger partial charge in [-0.15, -0.1) is 0 Å². The van der Waals surface area contributed by atoms with E-state index in [9.17, 15) is 0 Å². The van der Waals surface area contributed by atoms with Crippen LogP contribution in [0.2, 0.25) is 0 Å². The van der Waals surface area contributed by atoms with E-state index in [1.807, 2.05) is 0 Å². The van der Waals surface area contributed by atoms with Crippen molar-refractivity contribution < 1.29 is 4.74 Å². The fourth-order valence-electron chi connectivity index (χ4n) is 6.65. The normalized spacial score (nSPS) is 18.0. The third-order valence-electron chi connectivity index (χ3n) is 8.67. The van der Waals surface area contributed by atoms with Crippen molar-refractivity contribution in [2.24, 2.45) is 0 Å². The average Bonchev–Trinajstić information content (AvgIpc) is 3.55. The van der Waals surface area contributed by atoms with Crippen LogP contribution in [-0.2, 0) is 13.0 Å². The van der Waals surface area contributed by atoms with Crippen molar-refractivity contribution >= 4 is 10.9 Å². The number of benzene rings is 2. The van der Waals surface area contributed by atoms with Gasteiger partial charge in [-0.05, 0) is 101 Å². The summed E-state index contributed by atoms with van der Waals surface area (Å²) < 4.78 is 6.80. The number of H-pyrrole nitrogens is 1. The highest BCUT2D eigenvalue weighted by atomic mass is 16.5. The maximum absolute atomic E-state index is 6.80. The molecule has 2 aliphatic rings. The summed E-state index contributed by atoms with van der Waals surface area (Å²) in [5, 5.41) is 1.27. The van der Waals surface area contributed by atoms with Gasteiger partial charge < -0.3 is 9.72 Å². The molecule has 192 valence electrons. The molecule has 2 heterocycles. The van der Waals surface area contributed by atoms with Crippen molar-refractivity contribution in [3.8, 4) is 17.0 Å². The fourth-order valence-corrected chi connectivity index (χ4v) is 6.65. The first-order chi connectivity index (χ1) is 18.0. The van der Waals surface area contributed by atoms with E-state index in [2.05, 4.69) is 86.4 Å². The number of hydrogen-bond donors (Lipinski definition) is 1. The number of nitrogens with one attached hydrogen (secondary N) is 1. The third kappa shape index (κ3) is 4.57. The predicted molar refractivity (Wildman–Crippen MR) is 152 cm³/mol. The molecule has 0 bridgehead atoms. The van der Waals surface area contributed by atoms with Crippen molar-refractivity contribution in [3.63, 3.8) is 0 Å². The molecule has 1 fully saturated rings. The first-order valence-corrected chi connectivity index (χ1v) is 14.0. The number of rotatable bonds is 6. The average molecular weight is 494 g/mol. The van der Waals surface area contributed by atoms with Crippen LogP contribution in [0.3, 0.4) is 0 Å². The minimum absolute atomic E-state index is 0.306. The zero-order chi connectivity index (χ0) is 25.5. The van der Waals surface area contributed by atoms with E-state index in [1.165, 1.54) is 70.9 Å². The third-order valence-corrected chi connectivity index (χ3v) is 8.67.